The average molecular weight is 466 g/mol. The summed E-state index contributed by atoms with van der Waals surface area (Å²) in [5.41, 5.74) is 1.18. The highest BCUT2D eigenvalue weighted by atomic mass is 35.5. The van der Waals surface area contributed by atoms with Gasteiger partial charge in [-0.1, -0.05) is 37.6 Å². The Morgan fingerprint density at radius 1 is 0.970 bits per heavy atom. The van der Waals surface area contributed by atoms with E-state index in [1.165, 1.54) is 30.5 Å². The minimum Gasteiger partial charge on any atom is -0.459 e. The van der Waals surface area contributed by atoms with Gasteiger partial charge in [-0.3, -0.25) is 19.2 Å². The quantitative estimate of drug-likeness (QED) is 0.532. The van der Waals surface area contributed by atoms with E-state index in [1.807, 2.05) is 0 Å². The van der Waals surface area contributed by atoms with E-state index in [1.54, 1.807) is 44.2 Å². The van der Waals surface area contributed by atoms with E-state index in [0.29, 0.717) is 16.8 Å². The molecule has 0 bridgehead atoms. The van der Waals surface area contributed by atoms with E-state index in [0.717, 1.165) is 4.90 Å². The lowest BCUT2D eigenvalue weighted by Crippen LogP contribution is -2.47. The second-order valence-electron chi connectivity index (χ2n) is 7.82. The Balaban J connectivity index is 1.51. The van der Waals surface area contributed by atoms with Crippen molar-refractivity contribution >= 4 is 46.6 Å². The Labute approximate surface area is 194 Å². The molecule has 8 nitrogen and oxygen atoms in total. The monoisotopic (exact) mass is 465 g/mol. The van der Waals surface area contributed by atoms with Crippen molar-refractivity contribution < 1.29 is 23.6 Å². The number of fused-ring (bicyclic) bond motifs is 1. The van der Waals surface area contributed by atoms with Crippen molar-refractivity contribution in [3.8, 4) is 0 Å². The maximum absolute atomic E-state index is 12.8. The van der Waals surface area contributed by atoms with Crippen LogP contribution < -0.4 is 15.5 Å². The Bertz CT molecular complexity index is 1220. The summed E-state index contributed by atoms with van der Waals surface area (Å²) in [7, 11) is 0. The molecule has 0 fully saturated rings. The smallest absolute Gasteiger partial charge is 0.287 e. The van der Waals surface area contributed by atoms with E-state index < -0.39 is 29.7 Å². The first-order valence-electron chi connectivity index (χ1n) is 10.2. The summed E-state index contributed by atoms with van der Waals surface area (Å²) in [5.74, 6) is -1.99. The third kappa shape index (κ3) is 4.25. The van der Waals surface area contributed by atoms with Crippen LogP contribution in [0.2, 0.25) is 5.02 Å². The number of hydrogen-bond acceptors (Lipinski definition) is 5. The molecule has 9 heteroatoms. The molecule has 3 aromatic rings. The summed E-state index contributed by atoms with van der Waals surface area (Å²) in [5, 5.41) is 5.49. The van der Waals surface area contributed by atoms with Gasteiger partial charge in [0.25, 0.3) is 17.7 Å². The van der Waals surface area contributed by atoms with Crippen LogP contribution in [0.4, 0.5) is 11.4 Å². The molecule has 168 valence electrons. The van der Waals surface area contributed by atoms with Crippen molar-refractivity contribution in [1.82, 2.24) is 5.32 Å². The summed E-state index contributed by atoms with van der Waals surface area (Å²) in [6, 6.07) is 13.3. The fourth-order valence-electron chi connectivity index (χ4n) is 3.55. The van der Waals surface area contributed by atoms with Gasteiger partial charge in [-0.05, 0) is 48.4 Å². The van der Waals surface area contributed by atoms with Crippen LogP contribution in [0.1, 0.15) is 45.1 Å². The predicted molar refractivity (Wildman–Crippen MR) is 122 cm³/mol. The van der Waals surface area contributed by atoms with Gasteiger partial charge in [-0.15, -0.1) is 0 Å². The Morgan fingerprint density at radius 2 is 1.64 bits per heavy atom. The molecular formula is C24H20ClN3O5. The number of anilines is 2. The molecular weight excluding hydrogens is 446 g/mol. The maximum Gasteiger partial charge on any atom is 0.287 e. The molecule has 0 saturated heterocycles. The molecule has 4 amide bonds. The number of imide groups is 1. The molecule has 0 saturated carbocycles. The fourth-order valence-corrected chi connectivity index (χ4v) is 3.81. The molecule has 0 spiro atoms. The highest BCUT2D eigenvalue weighted by Crippen LogP contribution is 2.34. The molecule has 2 heterocycles. The van der Waals surface area contributed by atoms with Gasteiger partial charge in [0, 0.05) is 5.69 Å². The molecule has 1 atom stereocenters. The Hall–Kier alpha value is -3.91. The number of nitrogens with one attached hydrogen (secondary N) is 2. The fraction of sp³-hybridized carbons (Fsp3) is 0.167. The first-order chi connectivity index (χ1) is 15.8. The number of nitrogens with zero attached hydrogens (tertiary/aromatic N) is 1. The zero-order chi connectivity index (χ0) is 23.7. The van der Waals surface area contributed by atoms with E-state index in [-0.39, 0.29) is 22.4 Å². The number of hydrogen-bond donors (Lipinski definition) is 2. The zero-order valence-corrected chi connectivity index (χ0v) is 18.6. The van der Waals surface area contributed by atoms with Crippen LogP contribution in [0.5, 0.6) is 0 Å². The van der Waals surface area contributed by atoms with Crippen LogP contribution in [0, 0.1) is 5.92 Å². The second kappa shape index (κ2) is 8.91. The van der Waals surface area contributed by atoms with Gasteiger partial charge >= 0.3 is 0 Å². The van der Waals surface area contributed by atoms with Gasteiger partial charge in [0.15, 0.2) is 5.76 Å². The number of carbonyl (C=O) groups is 4. The molecule has 0 radical (unpaired) electrons. The van der Waals surface area contributed by atoms with Crippen molar-refractivity contribution in [3.63, 3.8) is 0 Å². The third-order valence-corrected chi connectivity index (χ3v) is 5.53. The van der Waals surface area contributed by atoms with E-state index in [4.69, 9.17) is 16.0 Å². The van der Waals surface area contributed by atoms with Crippen LogP contribution in [0.3, 0.4) is 0 Å². The van der Waals surface area contributed by atoms with Gasteiger partial charge in [-0.2, -0.15) is 0 Å². The maximum atomic E-state index is 12.8. The molecule has 1 aliphatic heterocycles. The minimum absolute atomic E-state index is 0.0989. The number of amides is 4. The summed E-state index contributed by atoms with van der Waals surface area (Å²) >= 11 is 6.38. The van der Waals surface area contributed by atoms with Crippen molar-refractivity contribution in [2.75, 3.05) is 10.2 Å². The first-order valence-corrected chi connectivity index (χ1v) is 10.6. The summed E-state index contributed by atoms with van der Waals surface area (Å²) in [6.07, 6.45) is 1.37. The van der Waals surface area contributed by atoms with Crippen molar-refractivity contribution in [3.05, 3.63) is 82.8 Å². The number of rotatable bonds is 6. The van der Waals surface area contributed by atoms with Crippen LogP contribution in [0.15, 0.2) is 65.3 Å². The molecule has 1 aliphatic rings. The normalized spacial score (nSPS) is 13.8. The second-order valence-corrected chi connectivity index (χ2v) is 8.23. The number of benzene rings is 2. The molecule has 33 heavy (non-hydrogen) atoms. The van der Waals surface area contributed by atoms with Crippen molar-refractivity contribution in [1.29, 1.82) is 0 Å². The highest BCUT2D eigenvalue weighted by Gasteiger charge is 2.37. The molecule has 4 rings (SSSR count). The lowest BCUT2D eigenvalue weighted by atomic mass is 10.0. The summed E-state index contributed by atoms with van der Waals surface area (Å²) in [6.45, 7) is 3.59. The Morgan fingerprint density at radius 3 is 2.18 bits per heavy atom. The lowest BCUT2D eigenvalue weighted by molar-refractivity contribution is -0.118. The first kappa shape index (κ1) is 22.3. The van der Waals surface area contributed by atoms with E-state index >= 15 is 0 Å². The van der Waals surface area contributed by atoms with Gasteiger partial charge in [0.1, 0.15) is 6.04 Å². The standard InChI is InChI=1S/C24H20ClN3O5/c1-13(2)20(27-21(29)19-8-5-11-33-19)22(30)26-14-9-10-18(17(25)12-14)28-23(31)15-6-3-4-7-16(15)24(28)32/h3-13,20H,1-2H3,(H,26,30)(H,27,29). The average Bonchev–Trinajstić information content (AvgIpc) is 3.40. The molecule has 2 aromatic carbocycles. The molecule has 1 unspecified atom stereocenters. The van der Waals surface area contributed by atoms with Gasteiger partial charge in [0.05, 0.1) is 28.1 Å². The van der Waals surface area contributed by atoms with Crippen LogP contribution >= 0.6 is 11.6 Å². The Kier molecular flexibility index (Phi) is 6.02. The van der Waals surface area contributed by atoms with Crippen LogP contribution in [0.25, 0.3) is 0 Å². The topological polar surface area (TPSA) is 109 Å². The molecule has 1 aromatic heterocycles. The number of halogens is 1. The lowest BCUT2D eigenvalue weighted by Gasteiger charge is -2.22. The molecule has 2 N–H and O–H groups in total. The van der Waals surface area contributed by atoms with Gasteiger partial charge < -0.3 is 15.1 Å². The number of carbonyl (C=O) groups excluding carboxylic acids is 4. The summed E-state index contributed by atoms with van der Waals surface area (Å²) < 4.78 is 5.07. The van der Waals surface area contributed by atoms with Crippen molar-refractivity contribution in [2.45, 2.75) is 19.9 Å². The summed E-state index contributed by atoms with van der Waals surface area (Å²) in [4.78, 5) is 51.6. The van der Waals surface area contributed by atoms with E-state index in [2.05, 4.69) is 10.6 Å². The van der Waals surface area contributed by atoms with E-state index in [9.17, 15) is 19.2 Å². The third-order valence-electron chi connectivity index (χ3n) is 5.23. The highest BCUT2D eigenvalue weighted by molar-refractivity contribution is 6.40. The van der Waals surface area contributed by atoms with Gasteiger partial charge in [0.2, 0.25) is 5.91 Å². The van der Waals surface area contributed by atoms with Gasteiger partial charge in [-0.25, -0.2) is 4.90 Å². The SMILES string of the molecule is CC(C)C(NC(=O)c1ccco1)C(=O)Nc1ccc(N2C(=O)c3ccccc3C2=O)c(Cl)c1. The number of furan rings is 1. The molecule has 0 aliphatic carbocycles. The van der Waals surface area contributed by atoms with Crippen LogP contribution in [-0.2, 0) is 4.79 Å². The minimum atomic E-state index is -0.836. The zero-order valence-electron chi connectivity index (χ0n) is 17.8. The predicted octanol–water partition coefficient (Wildman–Crippen LogP) is 4.13. The van der Waals surface area contributed by atoms with Crippen molar-refractivity contribution in [2.24, 2.45) is 5.92 Å². The van der Waals surface area contributed by atoms with Crippen LogP contribution in [-0.4, -0.2) is 29.7 Å². The largest absolute Gasteiger partial charge is 0.459 e.